The molecule has 21 aromatic rings. The van der Waals surface area contributed by atoms with Crippen molar-refractivity contribution in [1.29, 1.82) is 0 Å². The molecule has 0 nitrogen and oxygen atoms in total. The lowest BCUT2D eigenvalue weighted by Crippen LogP contribution is -2.43. The number of rotatable bonds is 3. The van der Waals surface area contributed by atoms with Crippen LogP contribution in [0, 0.1) is 138 Å². The van der Waals surface area contributed by atoms with E-state index in [0.29, 0.717) is 0 Å². The summed E-state index contributed by atoms with van der Waals surface area (Å²) in [6.45, 7) is 62.8. The van der Waals surface area contributed by atoms with Crippen LogP contribution in [0.15, 0.2) is 340 Å². The molecular formula is C140H140. The summed E-state index contributed by atoms with van der Waals surface area (Å²) < 4.78 is 0. The van der Waals surface area contributed by atoms with Gasteiger partial charge in [-0.05, 0) is 368 Å². The molecule has 0 saturated carbocycles. The van der Waals surface area contributed by atoms with Gasteiger partial charge in [-0.1, -0.05) is 473 Å². The van der Waals surface area contributed by atoms with Gasteiger partial charge in [0.25, 0.3) is 0 Å². The Morgan fingerprint density at radius 1 is 0.136 bits per heavy atom. The van der Waals surface area contributed by atoms with Gasteiger partial charge in [0, 0.05) is 0 Å². The van der Waals surface area contributed by atoms with E-state index < -0.39 is 0 Å². The Balaban J connectivity index is 0.000000114. The molecule has 0 radical (unpaired) electrons. The van der Waals surface area contributed by atoms with Crippen LogP contribution in [0.3, 0.4) is 0 Å². The van der Waals surface area contributed by atoms with Crippen LogP contribution in [0.2, 0.25) is 0 Å². The first kappa shape index (κ1) is 97.6. The van der Waals surface area contributed by atoms with Gasteiger partial charge in [-0.25, -0.2) is 0 Å². The maximum atomic E-state index is 2.39. The van der Waals surface area contributed by atoms with Gasteiger partial charge in [0.15, 0.2) is 0 Å². The zero-order valence-electron chi connectivity index (χ0n) is 88.3. The fourth-order valence-corrected chi connectivity index (χ4v) is 22.5. The van der Waals surface area contributed by atoms with Crippen LogP contribution in [-0.4, -0.2) is 0 Å². The highest BCUT2D eigenvalue weighted by Crippen LogP contribution is 2.57. The van der Waals surface area contributed by atoms with Crippen molar-refractivity contribution in [2.45, 2.75) is 216 Å². The molecule has 0 fully saturated rings. The minimum Gasteiger partial charge on any atom is -0.0622 e. The normalized spacial score (nSPS) is 13.2. The molecule has 0 amide bonds. The summed E-state index contributed by atoms with van der Waals surface area (Å²) in [5, 5.41) is 24.5. The monoisotopic (exact) mass is 1820 g/mol. The molecule has 0 spiro atoms. The molecule has 700 valence electrons. The van der Waals surface area contributed by atoms with Crippen LogP contribution < -0.4 is 0 Å². The molecule has 0 saturated heterocycles. The van der Waals surface area contributed by atoms with Crippen molar-refractivity contribution in [3.63, 3.8) is 0 Å². The summed E-state index contributed by atoms with van der Waals surface area (Å²) in [5.74, 6) is 0. The van der Waals surface area contributed by atoms with Gasteiger partial charge < -0.3 is 0 Å². The second-order valence-corrected chi connectivity index (χ2v) is 43.3. The van der Waals surface area contributed by atoms with E-state index >= 15 is 0 Å². The predicted octanol–water partition coefficient (Wildman–Crippen LogP) is 39.8. The fraction of sp³-hybridized carbons (Fsp3) is 0.229. The Bertz CT molecular complexity index is 7940. The van der Waals surface area contributed by atoms with Gasteiger partial charge in [-0.2, -0.15) is 0 Å². The van der Waals surface area contributed by atoms with Crippen molar-refractivity contribution in [2.24, 2.45) is 0 Å². The van der Waals surface area contributed by atoms with Crippen molar-refractivity contribution in [2.75, 3.05) is 0 Å². The van der Waals surface area contributed by atoms with Gasteiger partial charge in [-0.3, -0.25) is 0 Å². The van der Waals surface area contributed by atoms with Crippen molar-refractivity contribution < 1.29 is 0 Å². The molecule has 0 heteroatoms. The van der Waals surface area contributed by atoms with Crippen LogP contribution in [0.5, 0.6) is 0 Å². The number of hydrogen-bond acceptors (Lipinski definition) is 0. The molecule has 0 heterocycles. The summed E-state index contributed by atoms with van der Waals surface area (Å²) in [4.78, 5) is 0. The van der Waals surface area contributed by atoms with E-state index in [1.165, 1.54) is 286 Å². The molecule has 0 aromatic heterocycles. The fourth-order valence-electron chi connectivity index (χ4n) is 22.5. The van der Waals surface area contributed by atoms with Crippen LogP contribution in [-0.2, 0) is 21.7 Å². The molecule has 21 aromatic carbocycles. The molecule has 2 aliphatic rings. The van der Waals surface area contributed by atoms with E-state index in [1.54, 1.807) is 0 Å². The molecule has 0 unspecified atom stereocenters. The van der Waals surface area contributed by atoms with Crippen molar-refractivity contribution in [1.82, 2.24) is 0 Å². The predicted molar refractivity (Wildman–Crippen MR) is 617 cm³/mol. The van der Waals surface area contributed by atoms with E-state index in [2.05, 4.69) is 534 Å². The standard InChI is InChI=1S/C28H22.C23H20.2C20H24.C18H18.C17H16.C14H16/c1-19-13-15-23-24-16-14-20(2)18-26(24)28(22-11-7-4-8-12-22)27(25(23)17-19)21-9-5-3-6-10-21;1-15-9-11-19-20-12-10-16(2)14-22(20)23(17(3)21(19)13-15)18-7-5-4-6-8-18;2*1-13-7-9-15-16-10-8-14(2)12-18(16)20(5,6)19(3,4)17(15)11-13;1-11-5-7-15-16-8-6-12(2)10-18(16)14(4)13(3)17(15)9-11;1-11-4-6-15-14(8-11)10-13(3)17-9-12(2)5-7-16(15)17;1-9-5-11(3)14-8-10(2)6-12(4)13(14)7-9/h3-18H,1-2H3;4-14H,1-3H3;2*7-12H,1-6H3;5-10H,1-4H3;4-10H,1-3H3;5-8H,1-4H3. The second-order valence-electron chi connectivity index (χ2n) is 43.3. The molecular weight excluding hydrogens is 1680 g/mol. The lowest BCUT2D eigenvalue weighted by atomic mass is 9.55. The van der Waals surface area contributed by atoms with Gasteiger partial charge in [0.2, 0.25) is 0 Å². The molecule has 0 bridgehead atoms. The smallest absolute Gasteiger partial charge is 0.000558 e. The number of aryl methyl sites for hydroxylation is 20. The maximum Gasteiger partial charge on any atom is -0.000558 e. The van der Waals surface area contributed by atoms with Crippen LogP contribution in [0.1, 0.15) is 189 Å². The molecule has 0 aliphatic heterocycles. The van der Waals surface area contributed by atoms with Crippen molar-refractivity contribution in [3.05, 3.63) is 473 Å². The zero-order valence-corrected chi connectivity index (χ0v) is 88.3. The quantitative estimate of drug-likeness (QED) is 0.155. The maximum absolute atomic E-state index is 2.39. The summed E-state index contributed by atoms with van der Waals surface area (Å²) in [5.41, 5.74) is 46.9. The highest BCUT2D eigenvalue weighted by atomic mass is 14.5. The van der Waals surface area contributed by atoms with Gasteiger partial charge in [0.1, 0.15) is 0 Å². The minimum absolute atomic E-state index is 0.134. The summed E-state index contributed by atoms with van der Waals surface area (Å²) in [6, 6.07) is 126. The molecule has 23 rings (SSSR count). The molecule has 2 aliphatic carbocycles. The minimum atomic E-state index is 0.134. The first-order valence-corrected chi connectivity index (χ1v) is 50.5. The lowest BCUT2D eigenvalue weighted by Gasteiger charge is -2.48. The Hall–Kier alpha value is -14.0. The van der Waals surface area contributed by atoms with E-state index in [0.717, 1.165) is 0 Å². The SMILES string of the molecule is Cc1cc(C)c2cc(C)cc(C)c2c1.Cc1ccc2c(c1)C(C)(C)C(C)(C)c1cc(C)ccc1-2.Cc1ccc2c(c1)C(C)(C)C(C)(C)c1cc(C)ccc1-2.Cc1ccc2c(c1)c(-c1ccccc1)c(-c1ccccc1)c1cc(C)ccc12.Cc1ccc2c(c1)c(C)c(-c1ccccc1)c1cc(C)ccc12.Cc1ccc2c(c1)c(C)c(C)c1cc(C)ccc12.Cc1ccc2c(c1)cc(C)c1cc(C)ccc12. The Morgan fingerprint density at radius 2 is 0.336 bits per heavy atom. The van der Waals surface area contributed by atoms with Crippen LogP contribution >= 0.6 is 0 Å². The largest absolute Gasteiger partial charge is 0.0622 e. The number of benzene rings is 21. The van der Waals surface area contributed by atoms with Crippen LogP contribution in [0.4, 0.5) is 0 Å². The summed E-state index contributed by atoms with van der Waals surface area (Å²) in [7, 11) is 0. The summed E-state index contributed by atoms with van der Waals surface area (Å²) >= 11 is 0. The van der Waals surface area contributed by atoms with Gasteiger partial charge in [0.05, 0.1) is 0 Å². The highest BCUT2D eigenvalue weighted by molar-refractivity contribution is 6.22. The Kier molecular flexibility index (Phi) is 27.2. The van der Waals surface area contributed by atoms with E-state index in [-0.39, 0.29) is 21.7 Å². The molecule has 0 N–H and O–H groups in total. The van der Waals surface area contributed by atoms with Gasteiger partial charge >= 0.3 is 0 Å². The highest BCUT2D eigenvalue weighted by Gasteiger charge is 2.47. The molecule has 0 atom stereocenters. The average Bonchev–Trinajstić information content (AvgIpc) is 0.710. The Morgan fingerprint density at radius 3 is 0.636 bits per heavy atom. The lowest BCUT2D eigenvalue weighted by molar-refractivity contribution is 0.299. The van der Waals surface area contributed by atoms with Crippen molar-refractivity contribution >= 4 is 97.0 Å². The van der Waals surface area contributed by atoms with E-state index in [4.69, 9.17) is 0 Å². The Labute approximate surface area is 835 Å². The first-order valence-electron chi connectivity index (χ1n) is 50.5. The topological polar surface area (TPSA) is 0 Å². The van der Waals surface area contributed by atoms with E-state index in [9.17, 15) is 0 Å². The third-order valence-electron chi connectivity index (χ3n) is 31.7. The summed E-state index contributed by atoms with van der Waals surface area (Å²) in [6.07, 6.45) is 0. The van der Waals surface area contributed by atoms with Crippen molar-refractivity contribution in [3.8, 4) is 55.6 Å². The van der Waals surface area contributed by atoms with Crippen LogP contribution in [0.25, 0.3) is 153 Å². The van der Waals surface area contributed by atoms with Gasteiger partial charge in [-0.15, -0.1) is 0 Å². The number of fused-ring (bicyclic) bond motifs is 19. The number of hydrogen-bond donors (Lipinski definition) is 0. The third kappa shape index (κ3) is 18.8. The zero-order chi connectivity index (χ0) is 99.6. The third-order valence-corrected chi connectivity index (χ3v) is 31.7. The average molecular weight is 1820 g/mol. The first-order chi connectivity index (χ1) is 66.7. The molecule has 140 heavy (non-hydrogen) atoms. The second kappa shape index (κ2) is 39.0. The van der Waals surface area contributed by atoms with E-state index in [1.807, 2.05) is 0 Å².